The van der Waals surface area contributed by atoms with Crippen LogP contribution in [0.2, 0.25) is 0 Å². The van der Waals surface area contributed by atoms with E-state index in [1.807, 2.05) is 6.92 Å². The van der Waals surface area contributed by atoms with Crippen LogP contribution in [0, 0.1) is 17.7 Å². The number of hydrogen-bond acceptors (Lipinski definition) is 2. The van der Waals surface area contributed by atoms with Crippen molar-refractivity contribution in [3.63, 3.8) is 0 Å². The summed E-state index contributed by atoms with van der Waals surface area (Å²) in [4.78, 5) is 0. The smallest absolute Gasteiger partial charge is 0.200 e. The topological polar surface area (TPSA) is 29.5 Å². The minimum Gasteiger partial charge on any atom is -0.505 e. The Hall–Kier alpha value is -2.43. The van der Waals surface area contributed by atoms with E-state index in [1.54, 1.807) is 19.1 Å². The number of halogens is 3. The van der Waals surface area contributed by atoms with Gasteiger partial charge in [-0.1, -0.05) is 45.6 Å². The average Bonchev–Trinajstić information content (AvgIpc) is 2.71. The second kappa shape index (κ2) is 13.7. The predicted molar refractivity (Wildman–Crippen MR) is 114 cm³/mol. The second-order valence-corrected chi connectivity index (χ2v) is 7.10. The van der Waals surface area contributed by atoms with Crippen LogP contribution in [0.15, 0.2) is 67.0 Å². The standard InChI is InChI=1S/C21H27F3O2.C3H6/c1-13(7-9-17-10-11-19(25)18(22)12-17)6-8-14(2)15(3)20(23)21(24)16(4)26-5;1-3-2/h10-14,25H,3-4,6-9H2,1-2,5H3;3H,1H2,2H3/b21-20-;. The molecule has 1 N–H and O–H groups in total. The summed E-state index contributed by atoms with van der Waals surface area (Å²) in [6.07, 6.45) is 4.73. The number of phenolic OH excluding ortho intramolecular Hbond substituents is 1. The highest BCUT2D eigenvalue weighted by molar-refractivity contribution is 5.33. The van der Waals surface area contributed by atoms with Gasteiger partial charge in [0, 0.05) is 0 Å². The van der Waals surface area contributed by atoms with Gasteiger partial charge in [0.1, 0.15) is 5.76 Å². The Bertz CT molecular complexity index is 723. The van der Waals surface area contributed by atoms with Crippen LogP contribution >= 0.6 is 0 Å². The van der Waals surface area contributed by atoms with Crippen LogP contribution < -0.4 is 0 Å². The third-order valence-corrected chi connectivity index (χ3v) is 4.59. The van der Waals surface area contributed by atoms with Crippen molar-refractivity contribution < 1.29 is 23.0 Å². The van der Waals surface area contributed by atoms with E-state index < -0.39 is 17.5 Å². The lowest BCUT2D eigenvalue weighted by atomic mass is 9.89. The van der Waals surface area contributed by atoms with Crippen LogP contribution in [0.3, 0.4) is 0 Å². The largest absolute Gasteiger partial charge is 0.505 e. The van der Waals surface area contributed by atoms with Gasteiger partial charge in [0.25, 0.3) is 0 Å². The van der Waals surface area contributed by atoms with Gasteiger partial charge in [-0.3, -0.25) is 0 Å². The summed E-state index contributed by atoms with van der Waals surface area (Å²) in [6, 6.07) is 4.37. The zero-order chi connectivity index (χ0) is 22.6. The van der Waals surface area contributed by atoms with Gasteiger partial charge >= 0.3 is 0 Å². The molecule has 29 heavy (non-hydrogen) atoms. The Morgan fingerprint density at radius 3 is 2.24 bits per heavy atom. The second-order valence-electron chi connectivity index (χ2n) is 7.10. The van der Waals surface area contributed by atoms with Crippen molar-refractivity contribution in [2.75, 3.05) is 7.11 Å². The van der Waals surface area contributed by atoms with Crippen LogP contribution in [0.5, 0.6) is 5.75 Å². The maximum absolute atomic E-state index is 14.1. The Morgan fingerprint density at radius 2 is 1.72 bits per heavy atom. The minimum absolute atomic E-state index is 0.0912. The summed E-state index contributed by atoms with van der Waals surface area (Å²) >= 11 is 0. The van der Waals surface area contributed by atoms with Crippen molar-refractivity contribution in [2.24, 2.45) is 11.8 Å². The van der Waals surface area contributed by atoms with E-state index in [-0.39, 0.29) is 23.0 Å². The Morgan fingerprint density at radius 1 is 1.14 bits per heavy atom. The number of methoxy groups -OCH3 is 1. The molecule has 0 radical (unpaired) electrons. The molecule has 0 aliphatic heterocycles. The minimum atomic E-state index is -1.12. The fourth-order valence-electron chi connectivity index (χ4n) is 2.54. The monoisotopic (exact) mass is 410 g/mol. The number of rotatable bonds is 10. The molecule has 162 valence electrons. The van der Waals surface area contributed by atoms with Gasteiger partial charge in [0.2, 0.25) is 0 Å². The highest BCUT2D eigenvalue weighted by Gasteiger charge is 2.19. The van der Waals surface area contributed by atoms with E-state index in [0.717, 1.165) is 18.4 Å². The molecular formula is C24H33F3O2. The third-order valence-electron chi connectivity index (χ3n) is 4.59. The Kier molecular flexibility index (Phi) is 12.5. The Labute approximate surface area is 173 Å². The molecule has 0 saturated heterocycles. The molecule has 5 heteroatoms. The first-order valence-electron chi connectivity index (χ1n) is 9.61. The molecule has 0 saturated carbocycles. The summed E-state index contributed by atoms with van der Waals surface area (Å²) < 4.78 is 45.7. The number of benzene rings is 1. The van der Waals surface area contributed by atoms with E-state index in [0.29, 0.717) is 18.8 Å². The molecule has 0 heterocycles. The first-order valence-corrected chi connectivity index (χ1v) is 9.61. The van der Waals surface area contributed by atoms with Gasteiger partial charge < -0.3 is 9.84 Å². The van der Waals surface area contributed by atoms with Gasteiger partial charge in [-0.25, -0.2) is 8.78 Å². The van der Waals surface area contributed by atoms with Crippen molar-refractivity contribution in [1.29, 1.82) is 0 Å². The molecule has 0 amide bonds. The molecule has 2 nitrogen and oxygen atoms in total. The highest BCUT2D eigenvalue weighted by atomic mass is 19.2. The fraction of sp³-hybridized carbons (Fsp3) is 0.417. The quantitative estimate of drug-likeness (QED) is 0.245. The van der Waals surface area contributed by atoms with Gasteiger partial charge in [0.15, 0.2) is 23.2 Å². The molecular weight excluding hydrogens is 377 g/mol. The maximum Gasteiger partial charge on any atom is 0.200 e. The zero-order valence-corrected chi connectivity index (χ0v) is 17.9. The molecule has 0 aliphatic carbocycles. The normalized spacial score (nSPS) is 13.3. The average molecular weight is 411 g/mol. The van der Waals surface area contributed by atoms with Gasteiger partial charge in [-0.15, -0.1) is 6.58 Å². The molecule has 1 aromatic rings. The lowest BCUT2D eigenvalue weighted by Crippen LogP contribution is -2.05. The van der Waals surface area contributed by atoms with E-state index in [1.165, 1.54) is 19.2 Å². The van der Waals surface area contributed by atoms with E-state index >= 15 is 0 Å². The molecule has 0 fully saturated rings. The number of allylic oxidation sites excluding steroid dienone is 4. The summed E-state index contributed by atoms with van der Waals surface area (Å²) in [6.45, 7) is 16.1. The predicted octanol–water partition coefficient (Wildman–Crippen LogP) is 7.58. The lowest BCUT2D eigenvalue weighted by Gasteiger charge is -2.17. The first-order chi connectivity index (χ1) is 13.6. The van der Waals surface area contributed by atoms with Crippen molar-refractivity contribution >= 4 is 0 Å². The SMILES string of the molecule is C=C(OC)/C(F)=C(/F)C(=C)C(C)CCC(C)CCc1ccc(O)c(F)c1.C=CC. The van der Waals surface area contributed by atoms with E-state index in [9.17, 15) is 18.3 Å². The van der Waals surface area contributed by atoms with Crippen LogP contribution in [0.4, 0.5) is 13.2 Å². The third kappa shape index (κ3) is 9.55. The molecule has 1 aromatic carbocycles. The zero-order valence-electron chi connectivity index (χ0n) is 17.9. The highest BCUT2D eigenvalue weighted by Crippen LogP contribution is 2.30. The molecule has 0 spiro atoms. The number of hydrogen-bond donors (Lipinski definition) is 1. The lowest BCUT2D eigenvalue weighted by molar-refractivity contribution is 0.280. The number of aromatic hydroxyl groups is 1. The van der Waals surface area contributed by atoms with Crippen molar-refractivity contribution in [2.45, 2.75) is 46.5 Å². The summed E-state index contributed by atoms with van der Waals surface area (Å²) in [5, 5.41) is 9.19. The fourth-order valence-corrected chi connectivity index (χ4v) is 2.54. The number of aryl methyl sites for hydroxylation is 1. The summed E-state index contributed by atoms with van der Waals surface area (Å²) in [5.41, 5.74) is 0.909. The van der Waals surface area contributed by atoms with Crippen LogP contribution in [-0.2, 0) is 11.2 Å². The van der Waals surface area contributed by atoms with Crippen molar-refractivity contribution in [3.05, 3.63) is 78.4 Å². The molecule has 0 bridgehead atoms. The van der Waals surface area contributed by atoms with Crippen molar-refractivity contribution in [1.82, 2.24) is 0 Å². The molecule has 2 unspecified atom stereocenters. The molecule has 2 atom stereocenters. The number of ether oxygens (including phenoxy) is 1. The van der Waals surface area contributed by atoms with Crippen LogP contribution in [-0.4, -0.2) is 12.2 Å². The van der Waals surface area contributed by atoms with Gasteiger partial charge in [-0.05, 0) is 61.3 Å². The van der Waals surface area contributed by atoms with Gasteiger partial charge in [-0.2, -0.15) is 4.39 Å². The molecule has 1 rings (SSSR count). The number of phenols is 1. The van der Waals surface area contributed by atoms with Crippen LogP contribution in [0.1, 0.15) is 45.6 Å². The maximum atomic E-state index is 14.1. The summed E-state index contributed by atoms with van der Waals surface area (Å²) in [5.74, 6) is -3.37. The van der Waals surface area contributed by atoms with Gasteiger partial charge in [0.05, 0.1) is 7.11 Å². The Balaban J connectivity index is 0.00000245. The first kappa shape index (κ1) is 26.6. The molecule has 0 aromatic heterocycles. The van der Waals surface area contributed by atoms with Crippen LogP contribution in [0.25, 0.3) is 0 Å². The summed E-state index contributed by atoms with van der Waals surface area (Å²) in [7, 11) is 1.23. The van der Waals surface area contributed by atoms with E-state index in [4.69, 9.17) is 0 Å². The molecule has 0 aliphatic rings. The van der Waals surface area contributed by atoms with E-state index in [2.05, 4.69) is 31.4 Å². The van der Waals surface area contributed by atoms with Crippen molar-refractivity contribution in [3.8, 4) is 5.75 Å².